The molecule has 0 spiro atoms. The highest BCUT2D eigenvalue weighted by Crippen LogP contribution is 2.39. The molecule has 1 saturated heterocycles. The van der Waals surface area contributed by atoms with Gasteiger partial charge in [0.05, 0.1) is 6.10 Å². The molecule has 1 aliphatic carbocycles. The summed E-state index contributed by atoms with van der Waals surface area (Å²) in [7, 11) is 0. The third-order valence-electron chi connectivity index (χ3n) is 5.18. The number of β-amino-alcohol motifs (C(OH)–C–C–N with tert-alkyl or cyclic N) is 1. The molecule has 2 rings (SSSR count). The van der Waals surface area contributed by atoms with Crippen LogP contribution < -0.4 is 5.73 Å². The summed E-state index contributed by atoms with van der Waals surface area (Å²) < 4.78 is 0. The predicted molar refractivity (Wildman–Crippen MR) is 75.3 cm³/mol. The number of likely N-dealkylation sites (tertiary alicyclic amines) is 1. The Morgan fingerprint density at radius 2 is 2.11 bits per heavy atom. The standard InChI is InChI=1S/C15H30N2O/c1-12-4-3-6-15(8-12,10-16)11-17-7-5-13(2)14(18)9-17/h12-14,18H,3-11,16H2,1-2H3. The summed E-state index contributed by atoms with van der Waals surface area (Å²) in [6, 6.07) is 0. The lowest BCUT2D eigenvalue weighted by Gasteiger charge is -2.45. The Labute approximate surface area is 112 Å². The Hall–Kier alpha value is -0.120. The molecule has 2 fully saturated rings. The fourth-order valence-corrected chi connectivity index (χ4v) is 3.89. The van der Waals surface area contributed by atoms with Crippen molar-refractivity contribution in [2.45, 2.75) is 52.1 Å². The van der Waals surface area contributed by atoms with E-state index in [0.29, 0.717) is 11.3 Å². The van der Waals surface area contributed by atoms with Crippen LogP contribution in [0.4, 0.5) is 0 Å². The Balaban J connectivity index is 1.93. The zero-order valence-electron chi connectivity index (χ0n) is 12.1. The van der Waals surface area contributed by atoms with E-state index in [-0.39, 0.29) is 6.10 Å². The van der Waals surface area contributed by atoms with E-state index in [4.69, 9.17) is 5.73 Å². The van der Waals surface area contributed by atoms with Crippen LogP contribution in [0.3, 0.4) is 0 Å². The summed E-state index contributed by atoms with van der Waals surface area (Å²) >= 11 is 0. The fraction of sp³-hybridized carbons (Fsp3) is 1.00. The average molecular weight is 254 g/mol. The molecule has 2 aliphatic rings. The van der Waals surface area contributed by atoms with Gasteiger partial charge in [-0.2, -0.15) is 0 Å². The van der Waals surface area contributed by atoms with E-state index in [9.17, 15) is 5.11 Å². The van der Waals surface area contributed by atoms with Crippen LogP contribution in [0, 0.1) is 17.3 Å². The second-order valence-corrected chi connectivity index (χ2v) is 6.97. The SMILES string of the molecule is CC1CCCC(CN)(CN2CCC(C)C(O)C2)C1. The summed E-state index contributed by atoms with van der Waals surface area (Å²) in [5.41, 5.74) is 6.41. The van der Waals surface area contributed by atoms with Gasteiger partial charge in [0.2, 0.25) is 0 Å². The van der Waals surface area contributed by atoms with Gasteiger partial charge >= 0.3 is 0 Å². The number of nitrogens with two attached hydrogens (primary N) is 1. The van der Waals surface area contributed by atoms with E-state index >= 15 is 0 Å². The molecule has 4 atom stereocenters. The van der Waals surface area contributed by atoms with Crippen LogP contribution in [0.25, 0.3) is 0 Å². The molecule has 1 heterocycles. The molecule has 0 amide bonds. The molecule has 106 valence electrons. The number of hydrogen-bond donors (Lipinski definition) is 2. The minimum atomic E-state index is -0.144. The van der Waals surface area contributed by atoms with E-state index in [0.717, 1.165) is 38.5 Å². The summed E-state index contributed by atoms with van der Waals surface area (Å²) in [4.78, 5) is 2.45. The van der Waals surface area contributed by atoms with Crippen LogP contribution in [0.1, 0.15) is 46.0 Å². The average Bonchev–Trinajstić information content (AvgIpc) is 2.34. The smallest absolute Gasteiger partial charge is 0.0693 e. The van der Waals surface area contributed by atoms with Crippen molar-refractivity contribution < 1.29 is 5.11 Å². The molecule has 1 aliphatic heterocycles. The van der Waals surface area contributed by atoms with Gasteiger partial charge in [-0.05, 0) is 49.6 Å². The lowest BCUT2D eigenvalue weighted by Crippen LogP contribution is -2.50. The molecular formula is C15H30N2O. The molecule has 0 aromatic heterocycles. The number of aliphatic hydroxyl groups excluding tert-OH is 1. The Morgan fingerprint density at radius 3 is 2.72 bits per heavy atom. The Bertz CT molecular complexity index is 271. The van der Waals surface area contributed by atoms with Gasteiger partial charge < -0.3 is 15.7 Å². The highest BCUT2D eigenvalue weighted by Gasteiger charge is 2.37. The van der Waals surface area contributed by atoms with Gasteiger partial charge in [0.1, 0.15) is 0 Å². The van der Waals surface area contributed by atoms with Crippen LogP contribution in [-0.4, -0.2) is 42.3 Å². The molecule has 0 aromatic carbocycles. The monoisotopic (exact) mass is 254 g/mol. The van der Waals surface area contributed by atoms with Gasteiger partial charge in [-0.15, -0.1) is 0 Å². The second kappa shape index (κ2) is 5.89. The molecule has 4 unspecified atom stereocenters. The molecule has 1 saturated carbocycles. The summed E-state index contributed by atoms with van der Waals surface area (Å²) in [6.07, 6.45) is 6.21. The zero-order chi connectivity index (χ0) is 13.2. The first-order chi connectivity index (χ1) is 8.54. The number of aliphatic hydroxyl groups is 1. The molecule has 3 heteroatoms. The van der Waals surface area contributed by atoms with Crippen LogP contribution in [0.15, 0.2) is 0 Å². The summed E-state index contributed by atoms with van der Waals surface area (Å²) in [5, 5.41) is 10.0. The van der Waals surface area contributed by atoms with E-state index in [1.165, 1.54) is 25.7 Å². The Kier molecular flexibility index (Phi) is 4.68. The van der Waals surface area contributed by atoms with Gasteiger partial charge in [0, 0.05) is 13.1 Å². The van der Waals surface area contributed by atoms with Crippen molar-refractivity contribution in [1.29, 1.82) is 0 Å². The minimum absolute atomic E-state index is 0.144. The van der Waals surface area contributed by atoms with Crippen molar-refractivity contribution in [3.05, 3.63) is 0 Å². The first-order valence-electron chi connectivity index (χ1n) is 7.65. The number of hydrogen-bond acceptors (Lipinski definition) is 3. The van der Waals surface area contributed by atoms with E-state index < -0.39 is 0 Å². The van der Waals surface area contributed by atoms with Crippen LogP contribution in [0.2, 0.25) is 0 Å². The quantitative estimate of drug-likeness (QED) is 0.808. The molecule has 18 heavy (non-hydrogen) atoms. The molecule has 3 N–H and O–H groups in total. The zero-order valence-corrected chi connectivity index (χ0v) is 12.1. The maximum Gasteiger partial charge on any atom is 0.0693 e. The second-order valence-electron chi connectivity index (χ2n) is 6.97. The highest BCUT2D eigenvalue weighted by atomic mass is 16.3. The maximum atomic E-state index is 10.0. The van der Waals surface area contributed by atoms with Crippen molar-refractivity contribution in [2.75, 3.05) is 26.2 Å². The van der Waals surface area contributed by atoms with Gasteiger partial charge in [0.15, 0.2) is 0 Å². The fourth-order valence-electron chi connectivity index (χ4n) is 3.89. The number of nitrogens with zero attached hydrogens (tertiary/aromatic N) is 1. The van der Waals surface area contributed by atoms with Crippen LogP contribution in [-0.2, 0) is 0 Å². The van der Waals surface area contributed by atoms with Gasteiger partial charge in [-0.25, -0.2) is 0 Å². The van der Waals surface area contributed by atoms with Gasteiger partial charge in [-0.3, -0.25) is 0 Å². The van der Waals surface area contributed by atoms with E-state index in [2.05, 4.69) is 18.7 Å². The first-order valence-corrected chi connectivity index (χ1v) is 7.65. The third kappa shape index (κ3) is 3.25. The van der Waals surface area contributed by atoms with Crippen molar-refractivity contribution >= 4 is 0 Å². The van der Waals surface area contributed by atoms with Crippen molar-refractivity contribution in [3.63, 3.8) is 0 Å². The normalized spacial score (nSPS) is 43.0. The summed E-state index contributed by atoms with van der Waals surface area (Å²) in [6.45, 7) is 8.39. The minimum Gasteiger partial charge on any atom is -0.392 e. The third-order valence-corrected chi connectivity index (χ3v) is 5.18. The number of piperidine rings is 1. The van der Waals surface area contributed by atoms with E-state index in [1.807, 2.05) is 0 Å². The summed E-state index contributed by atoms with van der Waals surface area (Å²) in [5.74, 6) is 1.27. The van der Waals surface area contributed by atoms with Crippen molar-refractivity contribution in [3.8, 4) is 0 Å². The number of rotatable bonds is 3. The lowest BCUT2D eigenvalue weighted by atomic mass is 9.69. The van der Waals surface area contributed by atoms with E-state index in [1.54, 1.807) is 0 Å². The first kappa shape index (κ1) is 14.3. The molecular weight excluding hydrogens is 224 g/mol. The molecule has 3 nitrogen and oxygen atoms in total. The van der Waals surface area contributed by atoms with Crippen molar-refractivity contribution in [1.82, 2.24) is 4.90 Å². The lowest BCUT2D eigenvalue weighted by molar-refractivity contribution is -0.000508. The molecule has 0 aromatic rings. The largest absolute Gasteiger partial charge is 0.392 e. The Morgan fingerprint density at radius 1 is 1.33 bits per heavy atom. The van der Waals surface area contributed by atoms with Gasteiger partial charge in [-0.1, -0.05) is 26.7 Å². The van der Waals surface area contributed by atoms with Crippen molar-refractivity contribution in [2.24, 2.45) is 23.0 Å². The topological polar surface area (TPSA) is 49.5 Å². The maximum absolute atomic E-state index is 10.0. The molecule has 0 radical (unpaired) electrons. The van der Waals surface area contributed by atoms with Crippen LogP contribution >= 0.6 is 0 Å². The van der Waals surface area contributed by atoms with Gasteiger partial charge in [0.25, 0.3) is 0 Å². The highest BCUT2D eigenvalue weighted by molar-refractivity contribution is 4.90. The predicted octanol–water partition coefficient (Wildman–Crippen LogP) is 1.84. The molecule has 0 bridgehead atoms. The van der Waals surface area contributed by atoms with Crippen LogP contribution in [0.5, 0.6) is 0 Å².